The number of amides is 1. The van der Waals surface area contributed by atoms with Gasteiger partial charge >= 0.3 is 0 Å². The SMILES string of the molecule is COCC1(C(=O)NCc2ccc(Oc3cccnc3)c(F)c2)CCNCC1.Cl.Cl. The molecule has 3 rings (SSSR count). The standard InChI is InChI=1S/C20H24FN3O3.2ClH/c1-26-14-20(6-9-22-10-7-20)19(25)24-12-15-4-5-18(17(21)11-15)27-16-3-2-8-23-13-16;;/h2-5,8,11,13,22H,6-7,9-10,12,14H2,1H3,(H,24,25);2*1H. The molecule has 0 saturated carbocycles. The number of nitrogens with zero attached hydrogens (tertiary/aromatic N) is 1. The first-order chi connectivity index (χ1) is 13.1. The van der Waals surface area contributed by atoms with Crippen LogP contribution in [0.25, 0.3) is 0 Å². The van der Waals surface area contributed by atoms with E-state index < -0.39 is 11.2 Å². The van der Waals surface area contributed by atoms with E-state index in [9.17, 15) is 9.18 Å². The molecule has 1 aromatic carbocycles. The van der Waals surface area contributed by atoms with Crippen LogP contribution in [0.2, 0.25) is 0 Å². The molecule has 9 heteroatoms. The third-order valence-corrected chi connectivity index (χ3v) is 4.77. The van der Waals surface area contributed by atoms with Gasteiger partial charge in [0.05, 0.1) is 18.2 Å². The van der Waals surface area contributed by atoms with Gasteiger partial charge in [0.15, 0.2) is 11.6 Å². The largest absolute Gasteiger partial charge is 0.453 e. The van der Waals surface area contributed by atoms with Crippen LogP contribution in [0, 0.1) is 11.2 Å². The van der Waals surface area contributed by atoms with Gasteiger partial charge in [-0.15, -0.1) is 24.8 Å². The fourth-order valence-electron chi connectivity index (χ4n) is 3.26. The number of halogens is 3. The Kier molecular flexibility index (Phi) is 10.3. The van der Waals surface area contributed by atoms with Gasteiger partial charge in [0.25, 0.3) is 0 Å². The van der Waals surface area contributed by atoms with Crippen molar-refractivity contribution in [3.05, 3.63) is 54.1 Å². The highest BCUT2D eigenvalue weighted by atomic mass is 35.5. The van der Waals surface area contributed by atoms with Gasteiger partial charge < -0.3 is 20.1 Å². The fourth-order valence-corrected chi connectivity index (χ4v) is 3.26. The predicted octanol–water partition coefficient (Wildman–Crippen LogP) is 3.49. The third kappa shape index (κ3) is 6.54. The van der Waals surface area contributed by atoms with Crippen molar-refractivity contribution < 1.29 is 18.7 Å². The molecule has 0 aliphatic carbocycles. The molecule has 29 heavy (non-hydrogen) atoms. The Morgan fingerprint density at radius 1 is 1.28 bits per heavy atom. The van der Waals surface area contributed by atoms with Crippen molar-refractivity contribution >= 4 is 30.7 Å². The Hall–Kier alpha value is -1.93. The van der Waals surface area contributed by atoms with E-state index in [1.807, 2.05) is 0 Å². The first-order valence-corrected chi connectivity index (χ1v) is 8.97. The summed E-state index contributed by atoms with van der Waals surface area (Å²) in [5.74, 6) is 0.0400. The molecule has 1 aliphatic rings. The van der Waals surface area contributed by atoms with Crippen LogP contribution < -0.4 is 15.4 Å². The smallest absolute Gasteiger partial charge is 0.228 e. The number of hydrogen-bond acceptors (Lipinski definition) is 5. The second kappa shape index (κ2) is 11.9. The van der Waals surface area contributed by atoms with Crippen molar-refractivity contribution in [3.63, 3.8) is 0 Å². The summed E-state index contributed by atoms with van der Waals surface area (Å²) in [5, 5.41) is 6.18. The van der Waals surface area contributed by atoms with Crippen molar-refractivity contribution in [1.29, 1.82) is 0 Å². The number of piperidine rings is 1. The zero-order valence-corrected chi connectivity index (χ0v) is 17.8. The Bertz CT molecular complexity index is 769. The summed E-state index contributed by atoms with van der Waals surface area (Å²) in [5.41, 5.74) is 0.142. The van der Waals surface area contributed by atoms with E-state index in [0.29, 0.717) is 17.9 Å². The number of aromatic nitrogens is 1. The topological polar surface area (TPSA) is 72.5 Å². The monoisotopic (exact) mass is 445 g/mol. The second-order valence-corrected chi connectivity index (χ2v) is 6.70. The number of carbonyl (C=O) groups is 1. The fraction of sp³-hybridized carbons (Fsp3) is 0.400. The zero-order chi connectivity index (χ0) is 19.1. The Morgan fingerprint density at radius 2 is 2.03 bits per heavy atom. The van der Waals surface area contributed by atoms with Gasteiger partial charge in [0.1, 0.15) is 5.75 Å². The van der Waals surface area contributed by atoms with Crippen LogP contribution >= 0.6 is 24.8 Å². The van der Waals surface area contributed by atoms with Gasteiger partial charge in [-0.25, -0.2) is 4.39 Å². The van der Waals surface area contributed by atoms with Crippen LogP contribution in [0.15, 0.2) is 42.7 Å². The van der Waals surface area contributed by atoms with Crippen LogP contribution in [-0.4, -0.2) is 37.7 Å². The molecule has 1 aliphatic heterocycles. The zero-order valence-electron chi connectivity index (χ0n) is 16.2. The van der Waals surface area contributed by atoms with Crippen LogP contribution in [-0.2, 0) is 16.1 Å². The number of rotatable bonds is 7. The van der Waals surface area contributed by atoms with Crippen molar-refractivity contribution in [1.82, 2.24) is 15.6 Å². The molecule has 2 heterocycles. The van der Waals surface area contributed by atoms with Gasteiger partial charge in [0.2, 0.25) is 5.91 Å². The lowest BCUT2D eigenvalue weighted by Gasteiger charge is -2.35. The maximum Gasteiger partial charge on any atom is 0.228 e. The van der Waals surface area contributed by atoms with Crippen molar-refractivity contribution in [3.8, 4) is 11.5 Å². The van der Waals surface area contributed by atoms with Crippen LogP contribution in [0.5, 0.6) is 11.5 Å². The Balaban J connectivity index is 0.00000210. The molecule has 0 bridgehead atoms. The van der Waals surface area contributed by atoms with Crippen molar-refractivity contribution in [2.24, 2.45) is 5.41 Å². The lowest BCUT2D eigenvalue weighted by Crippen LogP contribution is -2.49. The first-order valence-electron chi connectivity index (χ1n) is 8.97. The van der Waals surface area contributed by atoms with Crippen LogP contribution in [0.1, 0.15) is 18.4 Å². The van der Waals surface area contributed by atoms with E-state index in [1.165, 1.54) is 12.3 Å². The van der Waals surface area contributed by atoms with E-state index in [1.54, 1.807) is 37.6 Å². The molecule has 0 atom stereocenters. The third-order valence-electron chi connectivity index (χ3n) is 4.77. The van der Waals surface area contributed by atoms with E-state index in [4.69, 9.17) is 9.47 Å². The summed E-state index contributed by atoms with van der Waals surface area (Å²) < 4.78 is 25.1. The van der Waals surface area contributed by atoms with Gasteiger partial charge in [0, 0.05) is 19.9 Å². The number of hydrogen-bond donors (Lipinski definition) is 2. The maximum atomic E-state index is 14.3. The number of ether oxygens (including phenoxy) is 2. The van der Waals surface area contributed by atoms with Gasteiger partial charge in [-0.1, -0.05) is 6.07 Å². The van der Waals surface area contributed by atoms with E-state index >= 15 is 0 Å². The average Bonchev–Trinajstić information content (AvgIpc) is 2.70. The second-order valence-electron chi connectivity index (χ2n) is 6.70. The molecule has 1 aromatic heterocycles. The highest BCUT2D eigenvalue weighted by molar-refractivity contribution is 5.85. The molecule has 1 amide bonds. The maximum absolute atomic E-state index is 14.3. The van der Waals surface area contributed by atoms with Crippen LogP contribution in [0.4, 0.5) is 4.39 Å². The molecule has 1 saturated heterocycles. The van der Waals surface area contributed by atoms with Crippen molar-refractivity contribution in [2.45, 2.75) is 19.4 Å². The van der Waals surface area contributed by atoms with E-state index in [2.05, 4.69) is 15.6 Å². The molecule has 6 nitrogen and oxygen atoms in total. The van der Waals surface area contributed by atoms with E-state index in [0.717, 1.165) is 25.9 Å². The summed E-state index contributed by atoms with van der Waals surface area (Å²) in [4.78, 5) is 16.7. The number of methoxy groups -OCH3 is 1. The number of carbonyl (C=O) groups excluding carboxylic acids is 1. The highest BCUT2D eigenvalue weighted by Crippen LogP contribution is 2.30. The van der Waals surface area contributed by atoms with Gasteiger partial charge in [-0.2, -0.15) is 0 Å². The molecule has 0 spiro atoms. The van der Waals surface area contributed by atoms with Crippen LogP contribution in [0.3, 0.4) is 0 Å². The Labute approximate surface area is 182 Å². The summed E-state index contributed by atoms with van der Waals surface area (Å²) >= 11 is 0. The lowest BCUT2D eigenvalue weighted by molar-refractivity contribution is -0.136. The molecule has 160 valence electrons. The molecule has 2 aromatic rings. The summed E-state index contributed by atoms with van der Waals surface area (Å²) in [6.45, 7) is 2.20. The Morgan fingerprint density at radius 3 is 2.66 bits per heavy atom. The summed E-state index contributed by atoms with van der Waals surface area (Å²) in [7, 11) is 1.60. The molecule has 0 radical (unpaired) electrons. The molecule has 1 fully saturated rings. The lowest BCUT2D eigenvalue weighted by atomic mass is 9.78. The number of benzene rings is 1. The molecule has 0 unspecified atom stereocenters. The normalized spacial score (nSPS) is 14.8. The predicted molar refractivity (Wildman–Crippen MR) is 113 cm³/mol. The number of pyridine rings is 1. The molecular weight excluding hydrogens is 420 g/mol. The van der Waals surface area contributed by atoms with Gasteiger partial charge in [-0.3, -0.25) is 9.78 Å². The van der Waals surface area contributed by atoms with Gasteiger partial charge in [-0.05, 0) is 55.8 Å². The van der Waals surface area contributed by atoms with Crippen molar-refractivity contribution in [2.75, 3.05) is 26.8 Å². The minimum absolute atomic E-state index is 0. The van der Waals surface area contributed by atoms with E-state index in [-0.39, 0.29) is 43.0 Å². The molecule has 2 N–H and O–H groups in total. The quantitative estimate of drug-likeness (QED) is 0.682. The summed E-state index contributed by atoms with van der Waals surface area (Å²) in [6.07, 6.45) is 4.58. The minimum atomic E-state index is -0.526. The highest BCUT2D eigenvalue weighted by Gasteiger charge is 2.39. The minimum Gasteiger partial charge on any atom is -0.453 e. The number of nitrogens with one attached hydrogen (secondary N) is 2. The summed E-state index contributed by atoms with van der Waals surface area (Å²) in [6, 6.07) is 8.08. The first kappa shape index (κ1) is 25.1. The molecular formula is C20H26Cl2FN3O3. The average molecular weight is 446 g/mol.